The van der Waals surface area contributed by atoms with E-state index in [-0.39, 0.29) is 16.9 Å². The minimum atomic E-state index is -0.419. The maximum Gasteiger partial charge on any atom is 0.335 e. The molecule has 0 aromatic heterocycles. The molecule has 3 aliphatic rings. The SMILES string of the molecule is CCCCCCCCCCCCCCCCCC=CC(=O)Oc1cc2c(cc1O)[C@H]1CC[C@]3(C)C(=O)CC[C@H]3[C@@H]1CC2. The van der Waals surface area contributed by atoms with Crippen LogP contribution in [0.2, 0.25) is 0 Å². The summed E-state index contributed by atoms with van der Waals surface area (Å²) >= 11 is 0. The fraction of sp³-hybridized carbons (Fsp3) is 0.737. The monoisotopic (exact) mass is 578 g/mol. The molecular weight excluding hydrogens is 520 g/mol. The highest BCUT2D eigenvalue weighted by atomic mass is 16.5. The first-order valence-electron chi connectivity index (χ1n) is 17.7. The molecule has 0 spiro atoms. The molecule has 0 saturated heterocycles. The number of Topliss-reactive ketones (excluding diaryl/α,β-unsaturated/α-hetero) is 1. The number of benzene rings is 1. The van der Waals surface area contributed by atoms with Crippen LogP contribution in [0.25, 0.3) is 0 Å². The van der Waals surface area contributed by atoms with E-state index < -0.39 is 5.97 Å². The number of esters is 1. The van der Waals surface area contributed by atoms with E-state index in [9.17, 15) is 14.7 Å². The van der Waals surface area contributed by atoms with Crippen molar-refractivity contribution < 1.29 is 19.4 Å². The van der Waals surface area contributed by atoms with Crippen LogP contribution in [0, 0.1) is 17.3 Å². The molecule has 1 N–H and O–H groups in total. The lowest BCUT2D eigenvalue weighted by atomic mass is 9.55. The Morgan fingerprint density at radius 2 is 1.50 bits per heavy atom. The Labute approximate surface area is 256 Å². The van der Waals surface area contributed by atoms with Gasteiger partial charge < -0.3 is 9.84 Å². The summed E-state index contributed by atoms with van der Waals surface area (Å²) in [7, 11) is 0. The molecule has 2 saturated carbocycles. The van der Waals surface area contributed by atoms with Crippen LogP contribution in [-0.2, 0) is 16.0 Å². The minimum Gasteiger partial charge on any atom is -0.504 e. The van der Waals surface area contributed by atoms with Crippen LogP contribution in [-0.4, -0.2) is 16.9 Å². The lowest BCUT2D eigenvalue weighted by Crippen LogP contribution is -2.42. The molecule has 42 heavy (non-hydrogen) atoms. The van der Waals surface area contributed by atoms with Gasteiger partial charge in [-0.05, 0) is 86.0 Å². The molecule has 0 aliphatic heterocycles. The van der Waals surface area contributed by atoms with Crippen LogP contribution in [0.15, 0.2) is 24.3 Å². The number of aryl methyl sites for hydroxylation is 1. The van der Waals surface area contributed by atoms with Gasteiger partial charge >= 0.3 is 5.97 Å². The van der Waals surface area contributed by atoms with E-state index in [0.717, 1.165) is 51.4 Å². The summed E-state index contributed by atoms with van der Waals surface area (Å²) in [5.74, 6) is 1.72. The molecule has 0 heterocycles. The van der Waals surface area contributed by atoms with E-state index in [2.05, 4.69) is 13.8 Å². The summed E-state index contributed by atoms with van der Waals surface area (Å²) in [4.78, 5) is 25.1. The van der Waals surface area contributed by atoms with E-state index in [1.165, 1.54) is 107 Å². The molecule has 4 rings (SSSR count). The molecule has 2 fully saturated rings. The van der Waals surface area contributed by atoms with Crippen LogP contribution >= 0.6 is 0 Å². The third kappa shape index (κ3) is 8.73. The van der Waals surface area contributed by atoms with Crippen molar-refractivity contribution in [2.24, 2.45) is 17.3 Å². The molecule has 1 aromatic rings. The van der Waals surface area contributed by atoms with Crippen LogP contribution in [0.3, 0.4) is 0 Å². The second-order valence-corrected chi connectivity index (χ2v) is 13.9. The van der Waals surface area contributed by atoms with Gasteiger partial charge in [-0.1, -0.05) is 110 Å². The molecule has 0 unspecified atom stereocenters. The Hall–Kier alpha value is -2.10. The zero-order chi connectivity index (χ0) is 29.8. The van der Waals surface area contributed by atoms with Crippen molar-refractivity contribution in [3.63, 3.8) is 0 Å². The summed E-state index contributed by atoms with van der Waals surface area (Å²) in [6, 6.07) is 3.72. The summed E-state index contributed by atoms with van der Waals surface area (Å²) in [5, 5.41) is 10.8. The van der Waals surface area contributed by atoms with Gasteiger partial charge in [-0.3, -0.25) is 4.79 Å². The zero-order valence-electron chi connectivity index (χ0n) is 26.8. The van der Waals surface area contributed by atoms with Gasteiger partial charge in [0.05, 0.1) is 0 Å². The van der Waals surface area contributed by atoms with Gasteiger partial charge in [0.2, 0.25) is 0 Å². The first-order valence-corrected chi connectivity index (χ1v) is 17.7. The number of ketones is 1. The molecule has 3 aliphatic carbocycles. The molecule has 4 atom stereocenters. The number of rotatable bonds is 18. The number of unbranched alkanes of at least 4 members (excludes halogenated alkanes) is 15. The Morgan fingerprint density at radius 3 is 2.14 bits per heavy atom. The molecule has 0 radical (unpaired) electrons. The third-order valence-electron chi connectivity index (χ3n) is 11.0. The topological polar surface area (TPSA) is 63.6 Å². The number of ether oxygens (including phenoxy) is 1. The van der Waals surface area contributed by atoms with Crippen molar-refractivity contribution >= 4 is 11.8 Å². The lowest BCUT2D eigenvalue weighted by molar-refractivity contribution is -0.129. The number of fused-ring (bicyclic) bond motifs is 5. The average Bonchev–Trinajstić information content (AvgIpc) is 3.29. The second-order valence-electron chi connectivity index (χ2n) is 13.9. The smallest absolute Gasteiger partial charge is 0.335 e. The summed E-state index contributed by atoms with van der Waals surface area (Å²) in [6.45, 7) is 4.47. The average molecular weight is 579 g/mol. The predicted octanol–water partition coefficient (Wildman–Crippen LogP) is 10.5. The Balaban J connectivity index is 1.08. The van der Waals surface area contributed by atoms with Gasteiger partial charge in [-0.15, -0.1) is 0 Å². The molecule has 0 bridgehead atoms. The van der Waals surface area contributed by atoms with Crippen molar-refractivity contribution in [2.45, 2.75) is 161 Å². The van der Waals surface area contributed by atoms with Gasteiger partial charge in [-0.25, -0.2) is 4.79 Å². The van der Waals surface area contributed by atoms with Crippen molar-refractivity contribution in [3.8, 4) is 11.5 Å². The Morgan fingerprint density at radius 1 is 0.881 bits per heavy atom. The van der Waals surface area contributed by atoms with Crippen molar-refractivity contribution in [2.75, 3.05) is 0 Å². The quantitative estimate of drug-likeness (QED) is 0.0814. The van der Waals surface area contributed by atoms with E-state index in [0.29, 0.717) is 23.5 Å². The lowest BCUT2D eigenvalue weighted by Gasteiger charge is -2.48. The van der Waals surface area contributed by atoms with Crippen LogP contribution in [0.1, 0.15) is 166 Å². The first kappa shape index (κ1) is 32.8. The summed E-state index contributed by atoms with van der Waals surface area (Å²) in [5.41, 5.74) is 2.25. The van der Waals surface area contributed by atoms with Crippen LogP contribution < -0.4 is 4.74 Å². The third-order valence-corrected chi connectivity index (χ3v) is 11.0. The largest absolute Gasteiger partial charge is 0.504 e. The molecule has 4 nitrogen and oxygen atoms in total. The predicted molar refractivity (Wildman–Crippen MR) is 172 cm³/mol. The fourth-order valence-corrected chi connectivity index (χ4v) is 8.39. The Kier molecular flexibility index (Phi) is 13.0. The minimum absolute atomic E-state index is 0.0504. The normalized spacial score (nSPS) is 24.9. The number of aromatic hydroxyl groups is 1. The molecule has 0 amide bonds. The van der Waals surface area contributed by atoms with E-state index in [1.807, 2.05) is 18.2 Å². The number of carbonyl (C=O) groups is 2. The highest BCUT2D eigenvalue weighted by Gasteiger charge is 2.54. The Bertz CT molecular complexity index is 1040. The van der Waals surface area contributed by atoms with E-state index in [1.54, 1.807) is 0 Å². The first-order chi connectivity index (χ1) is 20.4. The molecule has 234 valence electrons. The van der Waals surface area contributed by atoms with Crippen molar-refractivity contribution in [3.05, 3.63) is 35.4 Å². The standard InChI is InChI=1S/C38H58O4/c1-3-4-5-6-7-8-9-10-11-12-13-14-15-16-17-18-19-20-37(41)42-35-27-29-21-22-31-30(32(29)28-34(35)39)25-26-38(2)33(31)23-24-36(38)40/h19-20,27-28,30-31,33,39H,3-18,21-26H2,1-2H3/t30-,31+,33-,38-/m0/s1. The molecular formula is C38H58O4. The number of phenolic OH excluding ortho intramolecular Hbond substituents is 1. The van der Waals surface area contributed by atoms with Gasteiger partial charge in [0.25, 0.3) is 0 Å². The zero-order valence-corrected chi connectivity index (χ0v) is 26.8. The molecule has 4 heteroatoms. The van der Waals surface area contributed by atoms with Gasteiger partial charge in [-0.2, -0.15) is 0 Å². The molecule has 1 aromatic carbocycles. The summed E-state index contributed by atoms with van der Waals surface area (Å²) in [6.07, 6.45) is 30.2. The van der Waals surface area contributed by atoms with E-state index >= 15 is 0 Å². The van der Waals surface area contributed by atoms with Gasteiger partial charge in [0, 0.05) is 17.9 Å². The highest BCUT2D eigenvalue weighted by Crippen LogP contribution is 2.60. The van der Waals surface area contributed by atoms with Crippen molar-refractivity contribution in [1.29, 1.82) is 0 Å². The summed E-state index contributed by atoms with van der Waals surface area (Å²) < 4.78 is 5.56. The number of phenols is 1. The number of hydrogen-bond donors (Lipinski definition) is 1. The number of allylic oxidation sites excluding steroid dienone is 1. The van der Waals surface area contributed by atoms with Gasteiger partial charge in [0.1, 0.15) is 5.78 Å². The van der Waals surface area contributed by atoms with Gasteiger partial charge in [0.15, 0.2) is 11.5 Å². The maximum atomic E-state index is 12.6. The second kappa shape index (κ2) is 16.7. The van der Waals surface area contributed by atoms with Crippen molar-refractivity contribution in [1.82, 2.24) is 0 Å². The highest BCUT2D eigenvalue weighted by molar-refractivity contribution is 5.87. The van der Waals surface area contributed by atoms with Crippen LogP contribution in [0.4, 0.5) is 0 Å². The van der Waals surface area contributed by atoms with Crippen LogP contribution in [0.5, 0.6) is 11.5 Å². The fourth-order valence-electron chi connectivity index (χ4n) is 8.39. The van der Waals surface area contributed by atoms with E-state index in [4.69, 9.17) is 4.74 Å². The number of hydrogen-bond acceptors (Lipinski definition) is 4. The number of carbonyl (C=O) groups excluding carboxylic acids is 2. The maximum absolute atomic E-state index is 12.6.